The van der Waals surface area contributed by atoms with Crippen LogP contribution >= 0.6 is 0 Å². The van der Waals surface area contributed by atoms with E-state index in [1.165, 1.54) is 33.0 Å². The molecule has 1 aliphatic rings. The molecule has 0 spiro atoms. The molecule has 3 aromatic rings. The zero-order chi connectivity index (χ0) is 12.1. The van der Waals surface area contributed by atoms with Gasteiger partial charge in [-0.15, -0.1) is 0 Å². The second-order valence-corrected chi connectivity index (χ2v) is 4.59. The van der Waals surface area contributed by atoms with Crippen molar-refractivity contribution in [3.05, 3.63) is 54.6 Å². The maximum Gasteiger partial charge on any atom is 0.127 e. The van der Waals surface area contributed by atoms with E-state index in [0.29, 0.717) is 0 Å². The van der Waals surface area contributed by atoms with Gasteiger partial charge < -0.3 is 4.74 Å². The molecular weight excluding hydrogens is 220 g/mol. The van der Waals surface area contributed by atoms with Crippen molar-refractivity contribution >= 4 is 10.8 Å². The molecule has 4 rings (SSSR count). The molecule has 0 amide bonds. The van der Waals surface area contributed by atoms with Gasteiger partial charge in [-0.05, 0) is 28.1 Å². The van der Waals surface area contributed by atoms with Crippen LogP contribution in [-0.2, 0) is 0 Å². The lowest BCUT2D eigenvalue weighted by atomic mass is 10.0. The van der Waals surface area contributed by atoms with E-state index in [4.69, 9.17) is 4.74 Å². The first kappa shape index (κ1) is 9.72. The summed E-state index contributed by atoms with van der Waals surface area (Å²) < 4.78 is 5.53. The van der Waals surface area contributed by atoms with E-state index in [1.54, 1.807) is 7.11 Å². The minimum atomic E-state index is 0.958. The fourth-order valence-corrected chi connectivity index (χ4v) is 2.96. The highest BCUT2D eigenvalue weighted by molar-refractivity contribution is 6.16. The van der Waals surface area contributed by atoms with E-state index in [9.17, 15) is 0 Å². The molecule has 1 aliphatic carbocycles. The quantitative estimate of drug-likeness (QED) is 0.469. The number of methoxy groups -OCH3 is 1. The number of ether oxygens (including phenoxy) is 1. The maximum absolute atomic E-state index is 5.53. The van der Waals surface area contributed by atoms with Crippen molar-refractivity contribution in [2.75, 3.05) is 7.11 Å². The molecule has 0 aromatic heterocycles. The minimum Gasteiger partial charge on any atom is -0.496 e. The number of hydrogen-bond acceptors (Lipinski definition) is 1. The van der Waals surface area contributed by atoms with E-state index >= 15 is 0 Å². The molecule has 86 valence electrons. The first-order valence-electron chi connectivity index (χ1n) is 6.09. The maximum atomic E-state index is 5.53. The van der Waals surface area contributed by atoms with E-state index in [0.717, 1.165) is 5.75 Å². The SMILES string of the molecule is COc1ccc2cccc3c2c1-c1ccccc1-3. The predicted octanol–water partition coefficient (Wildman–Crippen LogP) is 4.50. The number of rotatable bonds is 1. The van der Waals surface area contributed by atoms with Crippen LogP contribution in [0.15, 0.2) is 54.6 Å². The van der Waals surface area contributed by atoms with Crippen molar-refractivity contribution in [1.29, 1.82) is 0 Å². The highest BCUT2D eigenvalue weighted by atomic mass is 16.5. The summed E-state index contributed by atoms with van der Waals surface area (Å²) in [5.41, 5.74) is 5.14. The summed E-state index contributed by atoms with van der Waals surface area (Å²) >= 11 is 0. The first-order valence-corrected chi connectivity index (χ1v) is 6.09. The highest BCUT2D eigenvalue weighted by Crippen LogP contribution is 2.50. The third-order valence-electron chi connectivity index (χ3n) is 3.71. The lowest BCUT2D eigenvalue weighted by molar-refractivity contribution is 0.417. The fourth-order valence-electron chi connectivity index (χ4n) is 2.96. The van der Waals surface area contributed by atoms with E-state index in [2.05, 4.69) is 54.6 Å². The largest absolute Gasteiger partial charge is 0.496 e. The van der Waals surface area contributed by atoms with Crippen LogP contribution in [0.3, 0.4) is 0 Å². The number of hydrogen-bond donors (Lipinski definition) is 0. The molecule has 3 aromatic carbocycles. The molecule has 1 heteroatoms. The Balaban J connectivity index is 2.27. The van der Waals surface area contributed by atoms with Gasteiger partial charge in [0.05, 0.1) is 7.11 Å². The fraction of sp³-hybridized carbons (Fsp3) is 0.0588. The van der Waals surface area contributed by atoms with Gasteiger partial charge in [0.25, 0.3) is 0 Å². The molecule has 0 aliphatic heterocycles. The Bertz CT molecular complexity index is 772. The molecule has 0 atom stereocenters. The lowest BCUT2D eigenvalue weighted by Crippen LogP contribution is -1.86. The van der Waals surface area contributed by atoms with Gasteiger partial charge in [-0.1, -0.05) is 48.5 Å². The van der Waals surface area contributed by atoms with Gasteiger partial charge in [-0.25, -0.2) is 0 Å². The monoisotopic (exact) mass is 232 g/mol. The van der Waals surface area contributed by atoms with Gasteiger partial charge >= 0.3 is 0 Å². The van der Waals surface area contributed by atoms with Crippen LogP contribution in [0.4, 0.5) is 0 Å². The Morgan fingerprint density at radius 3 is 2.33 bits per heavy atom. The Morgan fingerprint density at radius 1 is 0.722 bits per heavy atom. The molecule has 0 radical (unpaired) electrons. The van der Waals surface area contributed by atoms with Gasteiger partial charge in [0.2, 0.25) is 0 Å². The summed E-state index contributed by atoms with van der Waals surface area (Å²) in [7, 11) is 1.74. The Kier molecular flexibility index (Phi) is 1.81. The van der Waals surface area contributed by atoms with Crippen LogP contribution < -0.4 is 4.74 Å². The predicted molar refractivity (Wildman–Crippen MR) is 74.9 cm³/mol. The summed E-state index contributed by atoms with van der Waals surface area (Å²) in [6.45, 7) is 0. The van der Waals surface area contributed by atoms with Crippen molar-refractivity contribution in [2.24, 2.45) is 0 Å². The van der Waals surface area contributed by atoms with Crippen molar-refractivity contribution in [3.63, 3.8) is 0 Å². The first-order chi connectivity index (χ1) is 8.90. The Labute approximate surface area is 106 Å². The Morgan fingerprint density at radius 2 is 1.50 bits per heavy atom. The molecule has 0 saturated heterocycles. The van der Waals surface area contributed by atoms with Crippen LogP contribution in [0.5, 0.6) is 5.75 Å². The van der Waals surface area contributed by atoms with Crippen LogP contribution in [0.2, 0.25) is 0 Å². The van der Waals surface area contributed by atoms with Crippen LogP contribution in [0.25, 0.3) is 33.0 Å². The normalized spacial score (nSPS) is 11.6. The molecule has 18 heavy (non-hydrogen) atoms. The van der Waals surface area contributed by atoms with Gasteiger partial charge in [0.15, 0.2) is 0 Å². The number of fused-ring (bicyclic) bond motifs is 3. The third kappa shape index (κ3) is 1.06. The molecule has 0 N–H and O–H groups in total. The second kappa shape index (κ2) is 3.36. The van der Waals surface area contributed by atoms with Gasteiger partial charge in [-0.2, -0.15) is 0 Å². The summed E-state index contributed by atoms with van der Waals surface area (Å²) in [5.74, 6) is 0.958. The van der Waals surface area contributed by atoms with E-state index in [-0.39, 0.29) is 0 Å². The van der Waals surface area contributed by atoms with E-state index < -0.39 is 0 Å². The molecule has 0 unspecified atom stereocenters. The van der Waals surface area contributed by atoms with Crippen LogP contribution in [0.1, 0.15) is 0 Å². The molecule has 0 heterocycles. The Hall–Kier alpha value is -2.28. The summed E-state index contributed by atoms with van der Waals surface area (Å²) in [6, 6.07) is 19.2. The third-order valence-corrected chi connectivity index (χ3v) is 3.71. The van der Waals surface area contributed by atoms with Crippen molar-refractivity contribution in [1.82, 2.24) is 0 Å². The lowest BCUT2D eigenvalue weighted by Gasteiger charge is -2.08. The molecule has 0 saturated carbocycles. The highest BCUT2D eigenvalue weighted by Gasteiger charge is 2.23. The number of benzene rings is 3. The van der Waals surface area contributed by atoms with Crippen molar-refractivity contribution < 1.29 is 4.74 Å². The van der Waals surface area contributed by atoms with Crippen LogP contribution in [-0.4, -0.2) is 7.11 Å². The molecular formula is C17H12O. The van der Waals surface area contributed by atoms with Gasteiger partial charge in [-0.3, -0.25) is 0 Å². The second-order valence-electron chi connectivity index (χ2n) is 4.59. The van der Waals surface area contributed by atoms with Crippen molar-refractivity contribution in [2.45, 2.75) is 0 Å². The molecule has 0 fully saturated rings. The van der Waals surface area contributed by atoms with Gasteiger partial charge in [0, 0.05) is 10.9 Å². The smallest absolute Gasteiger partial charge is 0.127 e. The zero-order valence-electron chi connectivity index (χ0n) is 10.1. The molecule has 0 bridgehead atoms. The summed E-state index contributed by atoms with van der Waals surface area (Å²) in [4.78, 5) is 0. The molecule has 1 nitrogen and oxygen atoms in total. The van der Waals surface area contributed by atoms with Crippen molar-refractivity contribution in [3.8, 4) is 28.0 Å². The van der Waals surface area contributed by atoms with Crippen LogP contribution in [0, 0.1) is 0 Å². The van der Waals surface area contributed by atoms with Gasteiger partial charge in [0.1, 0.15) is 5.75 Å². The average molecular weight is 232 g/mol. The standard InChI is InChI=1S/C17H12O/c1-18-15-10-9-11-5-4-8-13-12-6-2-3-7-14(12)17(15)16(11)13/h2-10H,1H3. The summed E-state index contributed by atoms with van der Waals surface area (Å²) in [6.07, 6.45) is 0. The average Bonchev–Trinajstić information content (AvgIpc) is 2.77. The van der Waals surface area contributed by atoms with E-state index in [1.807, 2.05) is 0 Å². The zero-order valence-corrected chi connectivity index (χ0v) is 10.1. The topological polar surface area (TPSA) is 9.23 Å². The summed E-state index contributed by atoms with van der Waals surface area (Å²) in [5, 5.41) is 2.59. The minimum absolute atomic E-state index is 0.958.